The maximum atomic E-state index is 12.6. The largest absolute Gasteiger partial charge is 0.508 e. The van der Waals surface area contributed by atoms with E-state index in [2.05, 4.69) is 21.7 Å². The number of amides is 1. The van der Waals surface area contributed by atoms with E-state index in [1.165, 1.54) is 6.07 Å². The van der Waals surface area contributed by atoms with Crippen LogP contribution in [0.2, 0.25) is 5.02 Å². The first kappa shape index (κ1) is 25.7. The summed E-state index contributed by atoms with van der Waals surface area (Å²) in [5.41, 5.74) is 4.34. The second-order valence-electron chi connectivity index (χ2n) is 8.95. The van der Waals surface area contributed by atoms with Crippen molar-refractivity contribution in [2.24, 2.45) is 0 Å². The molecule has 0 unspecified atom stereocenters. The summed E-state index contributed by atoms with van der Waals surface area (Å²) in [4.78, 5) is 15.8. The number of aromatic hydroxyl groups is 1. The fourth-order valence-electron chi connectivity index (χ4n) is 4.14. The van der Waals surface area contributed by atoms with E-state index in [0.717, 1.165) is 28.5 Å². The van der Waals surface area contributed by atoms with E-state index in [4.69, 9.17) is 11.6 Å². The van der Waals surface area contributed by atoms with Crippen molar-refractivity contribution in [2.75, 3.05) is 6.54 Å². The molecule has 0 spiro atoms. The average Bonchev–Trinajstić information content (AvgIpc) is 3.30. The highest BCUT2D eigenvalue weighted by atomic mass is 35.5. The van der Waals surface area contributed by atoms with Crippen LogP contribution in [0.15, 0.2) is 66.7 Å². The first-order valence-electron chi connectivity index (χ1n) is 11.8. The SMILES string of the molecule is C[C@H](Cc1ccc2[nH]c(C(=O)NCc3ccccc3Cl)cc2c1)NC[C@H](O)c1ccc(O)c(CO)c1. The van der Waals surface area contributed by atoms with Crippen LogP contribution in [0.4, 0.5) is 0 Å². The van der Waals surface area contributed by atoms with Gasteiger partial charge in [0.2, 0.25) is 0 Å². The number of rotatable bonds is 10. The summed E-state index contributed by atoms with van der Waals surface area (Å²) in [7, 11) is 0. The van der Waals surface area contributed by atoms with Gasteiger partial charge in [0.1, 0.15) is 11.4 Å². The number of aliphatic hydroxyl groups is 2. The summed E-state index contributed by atoms with van der Waals surface area (Å²) in [6.07, 6.45) is -0.0309. The molecule has 0 radical (unpaired) electrons. The highest BCUT2D eigenvalue weighted by molar-refractivity contribution is 6.31. The Morgan fingerprint density at radius 3 is 2.64 bits per heavy atom. The van der Waals surface area contributed by atoms with Gasteiger partial charge in [-0.3, -0.25) is 4.79 Å². The predicted molar refractivity (Wildman–Crippen MR) is 141 cm³/mol. The molecule has 7 nitrogen and oxygen atoms in total. The van der Waals surface area contributed by atoms with Crippen LogP contribution in [-0.4, -0.2) is 38.8 Å². The van der Waals surface area contributed by atoms with Crippen LogP contribution in [0.3, 0.4) is 0 Å². The molecule has 1 amide bonds. The van der Waals surface area contributed by atoms with Crippen molar-refractivity contribution in [3.63, 3.8) is 0 Å². The number of nitrogens with one attached hydrogen (secondary N) is 3. The Kier molecular flexibility index (Phi) is 8.28. The van der Waals surface area contributed by atoms with Gasteiger partial charge in [-0.1, -0.05) is 41.9 Å². The Morgan fingerprint density at radius 1 is 1.06 bits per heavy atom. The van der Waals surface area contributed by atoms with Crippen LogP contribution >= 0.6 is 11.6 Å². The van der Waals surface area contributed by atoms with E-state index in [1.54, 1.807) is 18.2 Å². The van der Waals surface area contributed by atoms with Crippen molar-refractivity contribution >= 4 is 28.4 Å². The van der Waals surface area contributed by atoms with Crippen LogP contribution in [0.1, 0.15) is 45.8 Å². The van der Waals surface area contributed by atoms with Gasteiger partial charge < -0.3 is 30.9 Å². The third kappa shape index (κ3) is 6.25. The number of phenols is 1. The molecule has 1 heterocycles. The fourth-order valence-corrected chi connectivity index (χ4v) is 4.34. The van der Waals surface area contributed by atoms with Gasteiger partial charge in [-0.05, 0) is 66.4 Å². The van der Waals surface area contributed by atoms with E-state index >= 15 is 0 Å². The monoisotopic (exact) mass is 507 g/mol. The Morgan fingerprint density at radius 2 is 1.86 bits per heavy atom. The molecule has 0 aliphatic heterocycles. The van der Waals surface area contributed by atoms with E-state index in [9.17, 15) is 20.1 Å². The minimum Gasteiger partial charge on any atom is -0.508 e. The summed E-state index contributed by atoms with van der Waals surface area (Å²) in [5, 5.41) is 37.3. The van der Waals surface area contributed by atoms with Crippen molar-refractivity contribution in [1.82, 2.24) is 15.6 Å². The Bertz CT molecular complexity index is 1350. The van der Waals surface area contributed by atoms with Gasteiger partial charge in [-0.15, -0.1) is 0 Å². The molecular formula is C28H30ClN3O4. The molecule has 0 aliphatic rings. The zero-order chi connectivity index (χ0) is 25.7. The Labute approximate surface area is 214 Å². The summed E-state index contributed by atoms with van der Waals surface area (Å²) in [6.45, 7) is 2.43. The number of carbonyl (C=O) groups is 1. The van der Waals surface area contributed by atoms with Gasteiger partial charge in [-0.25, -0.2) is 0 Å². The minimum absolute atomic E-state index is 0.0103. The number of H-pyrrole nitrogens is 1. The maximum absolute atomic E-state index is 12.6. The van der Waals surface area contributed by atoms with Crippen molar-refractivity contribution in [3.8, 4) is 5.75 Å². The third-order valence-corrected chi connectivity index (χ3v) is 6.56. The first-order chi connectivity index (χ1) is 17.3. The van der Waals surface area contributed by atoms with Crippen LogP contribution in [-0.2, 0) is 19.6 Å². The van der Waals surface area contributed by atoms with Gasteiger partial charge in [0, 0.05) is 40.6 Å². The van der Waals surface area contributed by atoms with Crippen molar-refractivity contribution in [2.45, 2.75) is 38.6 Å². The first-order valence-corrected chi connectivity index (χ1v) is 12.2. The van der Waals surface area contributed by atoms with Crippen LogP contribution < -0.4 is 10.6 Å². The fraction of sp³-hybridized carbons (Fsp3) is 0.250. The number of fused-ring (bicyclic) bond motifs is 1. The van der Waals surface area contributed by atoms with Crippen molar-refractivity contribution in [1.29, 1.82) is 0 Å². The predicted octanol–water partition coefficient (Wildman–Crippen LogP) is 4.20. The molecule has 2 atom stereocenters. The Balaban J connectivity index is 1.33. The lowest BCUT2D eigenvalue weighted by molar-refractivity contribution is 0.0946. The molecule has 36 heavy (non-hydrogen) atoms. The van der Waals surface area contributed by atoms with Crippen LogP contribution in [0, 0.1) is 0 Å². The number of aromatic amines is 1. The van der Waals surface area contributed by atoms with E-state index in [-0.39, 0.29) is 24.3 Å². The molecule has 6 N–H and O–H groups in total. The number of hydrogen-bond donors (Lipinski definition) is 6. The molecule has 0 bridgehead atoms. The highest BCUT2D eigenvalue weighted by Crippen LogP contribution is 2.23. The molecule has 8 heteroatoms. The van der Waals surface area contributed by atoms with E-state index in [1.807, 2.05) is 43.3 Å². The lowest BCUT2D eigenvalue weighted by atomic mass is 10.0. The normalized spacial score (nSPS) is 13.0. The molecule has 4 aromatic rings. The molecule has 0 saturated heterocycles. The zero-order valence-corrected chi connectivity index (χ0v) is 20.7. The quantitative estimate of drug-likeness (QED) is 0.192. The minimum atomic E-state index is -0.766. The van der Waals surface area contributed by atoms with E-state index in [0.29, 0.717) is 34.9 Å². The van der Waals surface area contributed by atoms with E-state index < -0.39 is 6.10 Å². The lowest BCUT2D eigenvalue weighted by Gasteiger charge is -2.18. The molecule has 1 aromatic heterocycles. The van der Waals surface area contributed by atoms with Crippen LogP contribution in [0.5, 0.6) is 5.75 Å². The standard InChI is InChI=1S/C28H30ClN3O4/c1-17(30-15-27(35)19-7-9-26(34)22(12-19)16-33)10-18-6-8-24-21(11-18)13-25(32-24)28(36)31-14-20-4-2-3-5-23(20)29/h2-9,11-13,17,27,30,32-35H,10,14-16H2,1H3,(H,31,36)/t17-,27+/m1/s1. The van der Waals surface area contributed by atoms with Gasteiger partial charge in [0.05, 0.1) is 12.7 Å². The smallest absolute Gasteiger partial charge is 0.267 e. The second kappa shape index (κ2) is 11.6. The van der Waals surface area contributed by atoms with Crippen molar-refractivity contribution in [3.05, 3.63) is 99.7 Å². The molecule has 0 fully saturated rings. The number of halogens is 1. The number of hydrogen-bond acceptors (Lipinski definition) is 5. The van der Waals surface area contributed by atoms with Crippen molar-refractivity contribution < 1.29 is 20.1 Å². The molecular weight excluding hydrogens is 478 g/mol. The van der Waals surface area contributed by atoms with Gasteiger partial charge in [0.15, 0.2) is 0 Å². The van der Waals surface area contributed by atoms with Gasteiger partial charge in [-0.2, -0.15) is 0 Å². The zero-order valence-electron chi connectivity index (χ0n) is 20.0. The Hall–Kier alpha value is -3.36. The van der Waals surface area contributed by atoms with Gasteiger partial charge in [0.25, 0.3) is 5.91 Å². The second-order valence-corrected chi connectivity index (χ2v) is 9.36. The molecule has 0 aliphatic carbocycles. The molecule has 188 valence electrons. The summed E-state index contributed by atoms with van der Waals surface area (Å²) >= 11 is 6.17. The maximum Gasteiger partial charge on any atom is 0.267 e. The third-order valence-electron chi connectivity index (χ3n) is 6.19. The highest BCUT2D eigenvalue weighted by Gasteiger charge is 2.14. The lowest BCUT2D eigenvalue weighted by Crippen LogP contribution is -2.32. The number of aromatic nitrogens is 1. The average molecular weight is 508 g/mol. The summed E-state index contributed by atoms with van der Waals surface area (Å²) < 4.78 is 0. The molecule has 4 rings (SSSR count). The number of carbonyl (C=O) groups excluding carboxylic acids is 1. The summed E-state index contributed by atoms with van der Waals surface area (Å²) in [6, 6.07) is 20.1. The topological polar surface area (TPSA) is 118 Å². The van der Waals surface area contributed by atoms with Gasteiger partial charge >= 0.3 is 0 Å². The van der Waals surface area contributed by atoms with Crippen LogP contribution in [0.25, 0.3) is 10.9 Å². The number of aliphatic hydroxyl groups excluding tert-OH is 2. The number of benzene rings is 3. The molecule has 0 saturated carbocycles. The summed E-state index contributed by atoms with van der Waals surface area (Å²) in [5.74, 6) is -0.188. The molecule has 3 aromatic carbocycles.